The lowest BCUT2D eigenvalue weighted by Crippen LogP contribution is -2.61. The molecule has 2 aromatic carbocycles. The Kier molecular flexibility index (Phi) is 8.54. The first-order valence-electron chi connectivity index (χ1n) is 13.3. The molecule has 0 amide bonds. The number of hydrogen-bond acceptors (Lipinski definition) is 15. The normalized spacial score (nSPS) is 33.0. The third-order valence-electron chi connectivity index (χ3n) is 7.73. The summed E-state index contributed by atoms with van der Waals surface area (Å²) in [6.45, 7) is 0.636. The summed E-state index contributed by atoms with van der Waals surface area (Å²) < 4.78 is 28.4. The average molecular weight is 609 g/mol. The molecule has 3 heterocycles. The van der Waals surface area contributed by atoms with E-state index in [0.29, 0.717) is 0 Å². The molecule has 2 fully saturated rings. The molecule has 2 aliphatic heterocycles. The Hall–Kier alpha value is -3.51. The van der Waals surface area contributed by atoms with Crippen molar-refractivity contribution in [2.45, 2.75) is 68.1 Å². The van der Waals surface area contributed by atoms with E-state index >= 15 is 0 Å². The molecule has 2 saturated heterocycles. The highest BCUT2D eigenvalue weighted by atomic mass is 16.7. The van der Waals surface area contributed by atoms with Gasteiger partial charge in [-0.3, -0.25) is 4.79 Å². The molecule has 3 aromatic rings. The van der Waals surface area contributed by atoms with Crippen LogP contribution in [0.15, 0.2) is 39.5 Å². The molecule has 0 unspecified atom stereocenters. The van der Waals surface area contributed by atoms with Crippen molar-refractivity contribution in [3.8, 4) is 34.3 Å². The zero-order valence-corrected chi connectivity index (χ0v) is 22.8. The molecular weight excluding hydrogens is 576 g/mol. The van der Waals surface area contributed by atoms with Crippen LogP contribution < -0.4 is 10.2 Å². The van der Waals surface area contributed by atoms with Crippen LogP contribution in [-0.4, -0.2) is 115 Å². The molecule has 1 aromatic heterocycles. The highest BCUT2D eigenvalue weighted by Gasteiger charge is 2.51. The SMILES string of the molecule is COc1cc2oc(-c3ccc(O)c(O)c3)cc(=O)c2c(O)c1[C@@H]1O[C@H](CO)[C@@H](O)[C@H](O)[C@H]1O[C@@H]1O[C@@H](C)[C@H](O)[C@@H](O)[C@H]1O. The second kappa shape index (κ2) is 11.9. The molecule has 0 aliphatic carbocycles. The van der Waals surface area contributed by atoms with Crippen LogP contribution in [0.4, 0.5) is 0 Å². The van der Waals surface area contributed by atoms with Crippen molar-refractivity contribution in [2.24, 2.45) is 0 Å². The Morgan fingerprint density at radius 1 is 0.860 bits per heavy atom. The molecule has 10 atom stereocenters. The van der Waals surface area contributed by atoms with Crippen LogP contribution in [0.25, 0.3) is 22.3 Å². The molecule has 234 valence electrons. The standard InChI is InChI=1S/C28H32O15/c1-9-20(33)23(36)25(38)28(40-9)43-27-24(37)21(34)17(8-29)42-26(27)19-15(39-2)7-16-18(22(19)35)13(32)6-14(41-16)10-3-4-11(30)12(31)5-10/h3-7,9,17,20-21,23-31,33-38H,8H2,1-2H3/t9-,17+,20-,21+,23+,24-,25+,26-,27+,28-/m0/s1. The lowest BCUT2D eigenvalue weighted by atomic mass is 9.89. The van der Waals surface area contributed by atoms with Crippen LogP contribution in [0.1, 0.15) is 18.6 Å². The Morgan fingerprint density at radius 3 is 2.23 bits per heavy atom. The molecule has 15 heteroatoms. The zero-order chi connectivity index (χ0) is 31.3. The van der Waals surface area contributed by atoms with Gasteiger partial charge in [-0.05, 0) is 25.1 Å². The van der Waals surface area contributed by atoms with Gasteiger partial charge in [-0.15, -0.1) is 0 Å². The number of phenolic OH excluding ortho intramolecular Hbond substituents is 3. The van der Waals surface area contributed by atoms with E-state index in [1.807, 2.05) is 0 Å². The molecule has 0 spiro atoms. The third kappa shape index (κ3) is 5.39. The highest BCUT2D eigenvalue weighted by Crippen LogP contribution is 2.46. The van der Waals surface area contributed by atoms with Gasteiger partial charge in [-0.1, -0.05) is 0 Å². The lowest BCUT2D eigenvalue weighted by Gasteiger charge is -2.46. The van der Waals surface area contributed by atoms with Crippen LogP contribution >= 0.6 is 0 Å². The molecular formula is C28H32O15. The quantitative estimate of drug-likeness (QED) is 0.152. The van der Waals surface area contributed by atoms with E-state index in [1.54, 1.807) is 0 Å². The number of benzene rings is 2. The zero-order valence-electron chi connectivity index (χ0n) is 22.8. The Balaban J connectivity index is 1.62. The topological polar surface area (TPSA) is 249 Å². The lowest BCUT2D eigenvalue weighted by molar-refractivity contribution is -0.338. The number of methoxy groups -OCH3 is 1. The summed E-state index contributed by atoms with van der Waals surface area (Å²) in [5, 5.41) is 92.8. The molecule has 0 radical (unpaired) electrons. The fourth-order valence-electron chi connectivity index (χ4n) is 5.31. The summed E-state index contributed by atoms with van der Waals surface area (Å²) in [4.78, 5) is 13.3. The van der Waals surface area contributed by atoms with E-state index < -0.39 is 84.8 Å². The van der Waals surface area contributed by atoms with E-state index in [1.165, 1.54) is 38.3 Å². The Morgan fingerprint density at radius 2 is 1.58 bits per heavy atom. The van der Waals surface area contributed by atoms with Crippen LogP contribution in [-0.2, 0) is 14.2 Å². The predicted octanol–water partition coefficient (Wildman–Crippen LogP) is -1.05. The van der Waals surface area contributed by atoms with Gasteiger partial charge < -0.3 is 69.3 Å². The minimum Gasteiger partial charge on any atom is -0.506 e. The molecule has 43 heavy (non-hydrogen) atoms. The van der Waals surface area contributed by atoms with Crippen LogP contribution in [0.2, 0.25) is 0 Å². The minimum absolute atomic E-state index is 0.0191. The van der Waals surface area contributed by atoms with E-state index in [0.717, 1.165) is 6.07 Å². The second-order valence-electron chi connectivity index (χ2n) is 10.4. The van der Waals surface area contributed by atoms with Crippen molar-refractivity contribution in [1.82, 2.24) is 0 Å². The van der Waals surface area contributed by atoms with Gasteiger partial charge in [0.15, 0.2) is 23.2 Å². The maximum absolute atomic E-state index is 13.3. The molecule has 0 saturated carbocycles. The number of hydrogen-bond donors (Lipinski definition) is 9. The van der Waals surface area contributed by atoms with Gasteiger partial charge in [-0.25, -0.2) is 0 Å². The van der Waals surface area contributed by atoms with E-state index in [2.05, 4.69) is 0 Å². The van der Waals surface area contributed by atoms with Crippen molar-refractivity contribution in [3.05, 3.63) is 46.1 Å². The van der Waals surface area contributed by atoms with Crippen LogP contribution in [0, 0.1) is 0 Å². The number of phenols is 3. The van der Waals surface area contributed by atoms with Crippen molar-refractivity contribution in [1.29, 1.82) is 0 Å². The smallest absolute Gasteiger partial charge is 0.197 e. The summed E-state index contributed by atoms with van der Waals surface area (Å²) in [6, 6.07) is 6.04. The summed E-state index contributed by atoms with van der Waals surface area (Å²) in [7, 11) is 1.23. The van der Waals surface area contributed by atoms with E-state index in [4.69, 9.17) is 23.4 Å². The summed E-state index contributed by atoms with van der Waals surface area (Å²) >= 11 is 0. The van der Waals surface area contributed by atoms with Crippen molar-refractivity contribution < 1.29 is 69.3 Å². The third-order valence-corrected chi connectivity index (χ3v) is 7.73. The monoisotopic (exact) mass is 608 g/mol. The number of ether oxygens (including phenoxy) is 4. The number of rotatable bonds is 6. The van der Waals surface area contributed by atoms with Crippen molar-refractivity contribution in [3.63, 3.8) is 0 Å². The number of aliphatic hydroxyl groups is 6. The van der Waals surface area contributed by atoms with E-state index in [9.17, 15) is 50.8 Å². The average Bonchev–Trinajstić information content (AvgIpc) is 2.98. The first-order chi connectivity index (χ1) is 20.4. The van der Waals surface area contributed by atoms with Crippen LogP contribution in [0.3, 0.4) is 0 Å². The highest BCUT2D eigenvalue weighted by molar-refractivity contribution is 5.88. The maximum Gasteiger partial charge on any atom is 0.197 e. The maximum atomic E-state index is 13.3. The Bertz CT molecular complexity index is 1540. The first kappa shape index (κ1) is 30.9. The number of fused-ring (bicyclic) bond motifs is 1. The number of aliphatic hydroxyl groups excluding tert-OH is 6. The fraction of sp³-hybridized carbons (Fsp3) is 0.464. The van der Waals surface area contributed by atoms with Gasteiger partial charge in [0, 0.05) is 17.7 Å². The minimum atomic E-state index is -1.83. The molecule has 5 rings (SSSR count). The van der Waals surface area contributed by atoms with Gasteiger partial charge in [0.2, 0.25) is 0 Å². The molecule has 9 N–H and O–H groups in total. The van der Waals surface area contributed by atoms with Crippen molar-refractivity contribution >= 4 is 11.0 Å². The first-order valence-corrected chi connectivity index (χ1v) is 13.3. The van der Waals surface area contributed by atoms with Gasteiger partial charge in [0.05, 0.1) is 25.4 Å². The van der Waals surface area contributed by atoms with Gasteiger partial charge >= 0.3 is 0 Å². The summed E-state index contributed by atoms with van der Waals surface area (Å²) in [5.41, 5.74) is -0.908. The fourth-order valence-corrected chi connectivity index (χ4v) is 5.31. The van der Waals surface area contributed by atoms with Gasteiger partial charge in [-0.2, -0.15) is 0 Å². The summed E-state index contributed by atoms with van der Waals surface area (Å²) in [6.07, 6.45) is -15.8. The number of aromatic hydroxyl groups is 3. The molecule has 2 aliphatic rings. The second-order valence-corrected chi connectivity index (χ2v) is 10.4. The van der Waals surface area contributed by atoms with E-state index in [-0.39, 0.29) is 39.4 Å². The molecule has 0 bridgehead atoms. The summed E-state index contributed by atoms with van der Waals surface area (Å²) in [5.74, 6) is -1.71. The predicted molar refractivity (Wildman–Crippen MR) is 143 cm³/mol. The largest absolute Gasteiger partial charge is 0.506 e. The Labute approximate surface area is 242 Å². The van der Waals surface area contributed by atoms with Gasteiger partial charge in [0.25, 0.3) is 0 Å². The van der Waals surface area contributed by atoms with Crippen molar-refractivity contribution in [2.75, 3.05) is 13.7 Å². The van der Waals surface area contributed by atoms with Gasteiger partial charge in [0.1, 0.15) is 77.1 Å². The molecule has 15 nitrogen and oxygen atoms in total. The van der Waals surface area contributed by atoms with Crippen LogP contribution in [0.5, 0.6) is 23.0 Å².